The van der Waals surface area contributed by atoms with Crippen LogP contribution in [0.25, 0.3) is 0 Å². The Morgan fingerprint density at radius 2 is 2.16 bits per heavy atom. The molecule has 0 saturated carbocycles. The summed E-state index contributed by atoms with van der Waals surface area (Å²) in [4.78, 5) is 8.04. The number of nitrogens with zero attached hydrogens (tertiary/aromatic N) is 2. The topological polar surface area (TPSA) is 70.3 Å². The molecule has 0 aliphatic carbocycles. The summed E-state index contributed by atoms with van der Waals surface area (Å²) in [6.07, 6.45) is 3.26. The second-order valence-corrected chi connectivity index (χ2v) is 5.12. The molecule has 3 rings (SSSR count). The van der Waals surface area contributed by atoms with Crippen molar-refractivity contribution in [3.63, 3.8) is 0 Å². The Morgan fingerprint density at radius 1 is 1.26 bits per heavy atom. The molecule has 98 valence electrons. The molecule has 0 spiro atoms. The zero-order valence-corrected chi connectivity index (χ0v) is 11.0. The Balaban J connectivity index is 1.65. The van der Waals surface area contributed by atoms with Crippen LogP contribution >= 0.6 is 11.8 Å². The van der Waals surface area contributed by atoms with Gasteiger partial charge in [0.05, 0.1) is 5.03 Å². The van der Waals surface area contributed by atoms with Crippen LogP contribution in [-0.2, 0) is 0 Å². The molecule has 1 aromatic heterocycles. The van der Waals surface area contributed by atoms with Crippen LogP contribution in [-0.4, -0.2) is 22.5 Å². The summed E-state index contributed by atoms with van der Waals surface area (Å²) in [5.41, 5.74) is 7.21. The number of benzene rings is 1. The average molecular weight is 275 g/mol. The van der Waals surface area contributed by atoms with Gasteiger partial charge in [0.15, 0.2) is 11.5 Å². The number of thioether (sulfide) groups is 1. The summed E-state index contributed by atoms with van der Waals surface area (Å²) in [5.74, 6) is 2.29. The van der Waals surface area contributed by atoms with Crippen molar-refractivity contribution in [3.8, 4) is 11.5 Å². The number of fused-ring (bicyclic) bond motifs is 1. The Labute approximate surface area is 115 Å². The monoisotopic (exact) mass is 275 g/mol. The summed E-state index contributed by atoms with van der Waals surface area (Å²) in [5, 5.41) is 0.922. The van der Waals surface area contributed by atoms with Gasteiger partial charge >= 0.3 is 0 Å². The number of hydrogen-bond acceptors (Lipinski definition) is 6. The molecule has 0 fully saturated rings. The van der Waals surface area contributed by atoms with E-state index in [9.17, 15) is 0 Å². The van der Waals surface area contributed by atoms with Gasteiger partial charge in [-0.3, -0.25) is 0 Å². The lowest BCUT2D eigenvalue weighted by Crippen LogP contribution is -2.12. The highest BCUT2D eigenvalue weighted by molar-refractivity contribution is 7.99. The van der Waals surface area contributed by atoms with Gasteiger partial charge < -0.3 is 15.2 Å². The van der Waals surface area contributed by atoms with Crippen molar-refractivity contribution in [1.29, 1.82) is 0 Å². The van der Waals surface area contributed by atoms with Crippen molar-refractivity contribution >= 4 is 11.8 Å². The Kier molecular flexibility index (Phi) is 3.52. The number of nitrogens with two attached hydrogens (primary N) is 1. The maximum atomic E-state index is 6.18. The molecule has 0 bridgehead atoms. The van der Waals surface area contributed by atoms with Gasteiger partial charge in [-0.1, -0.05) is 6.07 Å². The van der Waals surface area contributed by atoms with E-state index in [4.69, 9.17) is 15.2 Å². The van der Waals surface area contributed by atoms with Gasteiger partial charge in [-0.2, -0.15) is 0 Å². The lowest BCUT2D eigenvalue weighted by atomic mass is 10.1. The minimum absolute atomic E-state index is 0.0746. The Bertz CT molecular complexity index is 565. The second kappa shape index (κ2) is 5.46. The largest absolute Gasteiger partial charge is 0.454 e. The van der Waals surface area contributed by atoms with E-state index in [0.717, 1.165) is 27.8 Å². The number of rotatable bonds is 4. The van der Waals surface area contributed by atoms with E-state index in [1.807, 2.05) is 24.3 Å². The van der Waals surface area contributed by atoms with Crippen LogP contribution in [0.2, 0.25) is 0 Å². The summed E-state index contributed by atoms with van der Waals surface area (Å²) in [6.45, 7) is 0.281. The SMILES string of the molecule is NC(CSc1ccncn1)c1ccc2c(c1)OCO2. The number of hydrogen-bond donors (Lipinski definition) is 1. The predicted molar refractivity (Wildman–Crippen MR) is 72.2 cm³/mol. The van der Waals surface area contributed by atoms with E-state index in [1.54, 1.807) is 18.0 Å². The zero-order chi connectivity index (χ0) is 13.1. The van der Waals surface area contributed by atoms with E-state index in [2.05, 4.69) is 9.97 Å². The molecule has 1 aliphatic heterocycles. The lowest BCUT2D eigenvalue weighted by Gasteiger charge is -2.11. The highest BCUT2D eigenvalue weighted by Crippen LogP contribution is 2.34. The molecular weight excluding hydrogens is 262 g/mol. The smallest absolute Gasteiger partial charge is 0.231 e. The van der Waals surface area contributed by atoms with E-state index in [1.165, 1.54) is 6.33 Å². The number of aromatic nitrogens is 2. The molecular formula is C13H13N3O2S. The molecule has 1 unspecified atom stereocenters. The quantitative estimate of drug-likeness (QED) is 0.680. The van der Waals surface area contributed by atoms with Crippen LogP contribution in [0.4, 0.5) is 0 Å². The maximum absolute atomic E-state index is 6.18. The van der Waals surface area contributed by atoms with Crippen LogP contribution in [0.3, 0.4) is 0 Å². The first-order valence-electron chi connectivity index (χ1n) is 5.87. The normalized spacial score (nSPS) is 14.4. The minimum Gasteiger partial charge on any atom is -0.454 e. The number of ether oxygens (including phenoxy) is 2. The zero-order valence-electron chi connectivity index (χ0n) is 10.2. The van der Waals surface area contributed by atoms with Gasteiger partial charge in [-0.05, 0) is 23.8 Å². The fourth-order valence-corrected chi connectivity index (χ4v) is 2.60. The third-order valence-electron chi connectivity index (χ3n) is 2.79. The summed E-state index contributed by atoms with van der Waals surface area (Å²) in [6, 6.07) is 7.60. The highest BCUT2D eigenvalue weighted by Gasteiger charge is 2.16. The molecule has 1 aromatic carbocycles. The minimum atomic E-state index is -0.0746. The molecule has 0 amide bonds. The van der Waals surface area contributed by atoms with Crippen molar-refractivity contribution < 1.29 is 9.47 Å². The molecule has 2 heterocycles. The third kappa shape index (κ3) is 2.80. The molecule has 5 nitrogen and oxygen atoms in total. The van der Waals surface area contributed by atoms with E-state index in [0.29, 0.717) is 0 Å². The molecule has 1 atom stereocenters. The standard InChI is InChI=1S/C13H13N3O2S/c14-10(6-19-13-3-4-15-7-16-13)9-1-2-11-12(5-9)18-8-17-11/h1-5,7,10H,6,8,14H2. The van der Waals surface area contributed by atoms with Gasteiger partial charge in [0, 0.05) is 18.0 Å². The molecule has 19 heavy (non-hydrogen) atoms. The van der Waals surface area contributed by atoms with E-state index in [-0.39, 0.29) is 12.8 Å². The first kappa shape index (κ1) is 12.3. The summed E-state index contributed by atoms with van der Waals surface area (Å²) in [7, 11) is 0. The van der Waals surface area contributed by atoms with Crippen LogP contribution < -0.4 is 15.2 Å². The summed E-state index contributed by atoms with van der Waals surface area (Å²) < 4.78 is 10.6. The molecule has 6 heteroatoms. The van der Waals surface area contributed by atoms with Gasteiger partial charge in [0.1, 0.15) is 6.33 Å². The van der Waals surface area contributed by atoms with Crippen LogP contribution in [0, 0.1) is 0 Å². The third-order valence-corrected chi connectivity index (χ3v) is 3.85. The molecule has 1 aliphatic rings. The van der Waals surface area contributed by atoms with Crippen molar-refractivity contribution in [2.45, 2.75) is 11.1 Å². The van der Waals surface area contributed by atoms with Crippen molar-refractivity contribution in [3.05, 3.63) is 42.4 Å². The van der Waals surface area contributed by atoms with Crippen LogP contribution in [0.5, 0.6) is 11.5 Å². The fourth-order valence-electron chi connectivity index (χ4n) is 1.78. The first-order valence-corrected chi connectivity index (χ1v) is 6.85. The Hall–Kier alpha value is -1.79. The van der Waals surface area contributed by atoms with Gasteiger partial charge in [-0.15, -0.1) is 11.8 Å². The second-order valence-electron chi connectivity index (χ2n) is 4.08. The van der Waals surface area contributed by atoms with E-state index < -0.39 is 0 Å². The van der Waals surface area contributed by atoms with Crippen molar-refractivity contribution in [1.82, 2.24) is 9.97 Å². The molecule has 0 saturated heterocycles. The van der Waals surface area contributed by atoms with Gasteiger partial charge in [0.2, 0.25) is 6.79 Å². The van der Waals surface area contributed by atoms with Gasteiger partial charge in [0.25, 0.3) is 0 Å². The van der Waals surface area contributed by atoms with Crippen molar-refractivity contribution in [2.75, 3.05) is 12.5 Å². The van der Waals surface area contributed by atoms with Crippen molar-refractivity contribution in [2.24, 2.45) is 5.73 Å². The van der Waals surface area contributed by atoms with Crippen LogP contribution in [0.1, 0.15) is 11.6 Å². The van der Waals surface area contributed by atoms with Crippen LogP contribution in [0.15, 0.2) is 41.8 Å². The molecule has 0 radical (unpaired) electrons. The average Bonchev–Trinajstić information content (AvgIpc) is 2.93. The fraction of sp³-hybridized carbons (Fsp3) is 0.231. The van der Waals surface area contributed by atoms with Gasteiger partial charge in [-0.25, -0.2) is 9.97 Å². The maximum Gasteiger partial charge on any atom is 0.231 e. The van der Waals surface area contributed by atoms with E-state index >= 15 is 0 Å². The molecule has 2 aromatic rings. The molecule has 2 N–H and O–H groups in total. The Morgan fingerprint density at radius 3 is 3.00 bits per heavy atom. The summed E-state index contributed by atoms with van der Waals surface area (Å²) >= 11 is 1.61. The highest BCUT2D eigenvalue weighted by atomic mass is 32.2. The predicted octanol–water partition coefficient (Wildman–Crippen LogP) is 2.00. The first-order chi connectivity index (χ1) is 9.33. The lowest BCUT2D eigenvalue weighted by molar-refractivity contribution is 0.174.